The van der Waals surface area contributed by atoms with Gasteiger partial charge in [-0.05, 0) is 72.5 Å². The average molecular weight is 818 g/mol. The molecule has 58 heavy (non-hydrogen) atoms. The zero-order chi connectivity index (χ0) is 39.8. The van der Waals surface area contributed by atoms with Crippen molar-refractivity contribution in [3.8, 4) is 33.5 Å². The van der Waals surface area contributed by atoms with E-state index in [-0.39, 0.29) is 38.2 Å². The van der Waals surface area contributed by atoms with Gasteiger partial charge in [-0.3, -0.25) is 0 Å². The fraction of sp³-hybridized carbons (Fsp3) is 0.0435. The second-order valence-corrected chi connectivity index (χ2v) is 18.2. The molecule has 0 atom stereocenters. The monoisotopic (exact) mass is 817 g/mol. The van der Waals surface area contributed by atoms with Crippen LogP contribution in [0.25, 0.3) is 75.5 Å². The van der Waals surface area contributed by atoms with Crippen LogP contribution < -0.4 is 8.37 Å². The van der Waals surface area contributed by atoms with Crippen LogP contribution in [0, 0.1) is 13.8 Å². The number of thiazole rings is 1. The second-order valence-electron chi connectivity index (χ2n) is 14.1. The predicted octanol–water partition coefficient (Wildman–Crippen LogP) is 11.1. The van der Waals surface area contributed by atoms with Gasteiger partial charge in [0.2, 0.25) is 0 Å². The molecule has 0 radical (unpaired) electrons. The minimum Gasteiger partial charge on any atom is -0.378 e. The van der Waals surface area contributed by atoms with Crippen LogP contribution in [0.2, 0.25) is 0 Å². The van der Waals surface area contributed by atoms with Gasteiger partial charge in [0.05, 0.1) is 32.4 Å². The summed E-state index contributed by atoms with van der Waals surface area (Å²) in [5, 5.41) is 6.16. The van der Waals surface area contributed by atoms with Crippen molar-refractivity contribution in [1.29, 1.82) is 0 Å². The Bertz CT molecular complexity index is 3430. The van der Waals surface area contributed by atoms with Crippen molar-refractivity contribution in [2.24, 2.45) is 0 Å². The van der Waals surface area contributed by atoms with Crippen LogP contribution in [0.4, 0.5) is 0 Å². The highest BCUT2D eigenvalue weighted by atomic mass is 32.2. The summed E-state index contributed by atoms with van der Waals surface area (Å²) in [5.74, 6) is 0.0478. The van der Waals surface area contributed by atoms with Gasteiger partial charge in [0.25, 0.3) is 0 Å². The first-order chi connectivity index (χ1) is 28.0. The van der Waals surface area contributed by atoms with Gasteiger partial charge < -0.3 is 13.4 Å². The fourth-order valence-corrected chi connectivity index (χ4v) is 10.3. The molecule has 0 aliphatic heterocycles. The molecule has 0 aliphatic carbocycles. The molecule has 0 saturated heterocycles. The highest BCUT2D eigenvalue weighted by Crippen LogP contribution is 2.46. The van der Waals surface area contributed by atoms with Crippen molar-refractivity contribution in [3.63, 3.8) is 0 Å². The molecule has 9 nitrogen and oxygen atoms in total. The summed E-state index contributed by atoms with van der Waals surface area (Å²) in [5.41, 5.74) is 4.17. The van der Waals surface area contributed by atoms with Crippen LogP contribution in [0.3, 0.4) is 0 Å². The maximum absolute atomic E-state index is 14.1. The second kappa shape index (κ2) is 13.5. The third-order valence-corrected chi connectivity index (χ3v) is 13.9. The maximum Gasteiger partial charge on any atom is 0.339 e. The molecule has 2 aromatic heterocycles. The number of nitrogens with zero attached hydrogens (tertiary/aromatic N) is 2. The Morgan fingerprint density at radius 1 is 0.534 bits per heavy atom. The number of aromatic amines is 1. The number of aromatic nitrogens is 3. The van der Waals surface area contributed by atoms with Gasteiger partial charge in [-0.2, -0.15) is 16.8 Å². The number of hydrogen-bond donors (Lipinski definition) is 1. The van der Waals surface area contributed by atoms with Crippen LogP contribution in [-0.4, -0.2) is 31.8 Å². The smallest absolute Gasteiger partial charge is 0.339 e. The van der Waals surface area contributed by atoms with E-state index in [1.54, 1.807) is 24.3 Å². The van der Waals surface area contributed by atoms with Gasteiger partial charge in [0.15, 0.2) is 11.5 Å². The molecule has 0 amide bonds. The standard InChI is InChI=1S/C46H31N3O6S3/c1-27-15-20-30(21-16-27)57(50,51)54-40-26-38(46-47-39-24-19-29-9-3-4-10-32(29)44(39)56-46)41(55-58(52,53)31-22-17-28(2)18-23-31)25-37(40)45-48-42-35-13-7-5-11-33(35)34-12-6-8-14-36(34)43(42)49-45/h3-26H,1-2H3,(H,48,49). The van der Waals surface area contributed by atoms with E-state index in [1.165, 1.54) is 47.7 Å². The van der Waals surface area contributed by atoms with Crippen molar-refractivity contribution in [3.05, 3.63) is 157 Å². The Hall–Kier alpha value is -6.60. The SMILES string of the molecule is Cc1ccc(S(=O)(=O)Oc2cc(-c3nc4ccc5ccccc5c4s3)c(OS(=O)(=O)c3ccc(C)cc3)cc2-c2nc3c4ccccc4c4ccccc4c3[nH]2)cc1. The molecule has 0 spiro atoms. The zero-order valence-corrected chi connectivity index (χ0v) is 33.4. The summed E-state index contributed by atoms with van der Waals surface area (Å²) in [6, 6.07) is 43.3. The molecule has 10 rings (SSSR count). The molecule has 0 aliphatic rings. The molecule has 0 saturated carbocycles. The number of H-pyrrole nitrogens is 1. The van der Waals surface area contributed by atoms with E-state index in [1.807, 2.05) is 98.8 Å². The molecule has 2 heterocycles. The Kier molecular flexibility index (Phi) is 8.34. The van der Waals surface area contributed by atoms with Crippen molar-refractivity contribution < 1.29 is 25.2 Å². The first-order valence-corrected chi connectivity index (χ1v) is 21.9. The minimum atomic E-state index is -4.43. The number of rotatable bonds is 8. The number of nitrogens with one attached hydrogen (secondary N) is 1. The lowest BCUT2D eigenvalue weighted by molar-refractivity contribution is 0.479. The lowest BCUT2D eigenvalue weighted by Gasteiger charge is -2.16. The lowest BCUT2D eigenvalue weighted by Crippen LogP contribution is -2.13. The molecule has 8 aromatic carbocycles. The maximum atomic E-state index is 14.1. The van der Waals surface area contributed by atoms with Gasteiger partial charge in [0, 0.05) is 16.2 Å². The summed E-state index contributed by atoms with van der Waals surface area (Å²) in [6.07, 6.45) is 0. The third kappa shape index (κ3) is 6.13. The molecule has 0 unspecified atom stereocenters. The molecule has 0 bridgehead atoms. The number of imidazole rings is 1. The van der Waals surface area contributed by atoms with Crippen LogP contribution in [0.1, 0.15) is 11.1 Å². The van der Waals surface area contributed by atoms with Gasteiger partial charge in [-0.1, -0.05) is 114 Å². The Labute approximate surface area is 337 Å². The number of fused-ring (bicyclic) bond motifs is 9. The van der Waals surface area contributed by atoms with E-state index < -0.39 is 20.2 Å². The molecular weight excluding hydrogens is 787 g/mol. The van der Waals surface area contributed by atoms with E-state index in [0.717, 1.165) is 48.1 Å². The summed E-state index contributed by atoms with van der Waals surface area (Å²) in [4.78, 5) is 13.3. The predicted molar refractivity (Wildman–Crippen MR) is 231 cm³/mol. The van der Waals surface area contributed by atoms with Gasteiger partial charge in [-0.15, -0.1) is 11.3 Å². The summed E-state index contributed by atoms with van der Waals surface area (Å²) >= 11 is 1.34. The van der Waals surface area contributed by atoms with E-state index in [2.05, 4.69) is 4.98 Å². The summed E-state index contributed by atoms with van der Waals surface area (Å²) < 4.78 is 69.3. The van der Waals surface area contributed by atoms with Crippen molar-refractivity contribution in [2.75, 3.05) is 0 Å². The Morgan fingerprint density at radius 3 is 1.69 bits per heavy atom. The number of hydrogen-bond acceptors (Lipinski definition) is 9. The largest absolute Gasteiger partial charge is 0.378 e. The Balaban J connectivity index is 1.26. The highest BCUT2D eigenvalue weighted by molar-refractivity contribution is 7.87. The minimum absolute atomic E-state index is 0.0511. The molecule has 12 heteroatoms. The number of aryl methyl sites for hydroxylation is 2. The topological polar surface area (TPSA) is 128 Å². The lowest BCUT2D eigenvalue weighted by atomic mass is 10.0. The number of benzene rings is 8. The first kappa shape index (κ1) is 35.8. The van der Waals surface area contributed by atoms with Gasteiger partial charge >= 0.3 is 20.2 Å². The molecule has 10 aromatic rings. The molecule has 284 valence electrons. The molecule has 1 N–H and O–H groups in total. The van der Waals surface area contributed by atoms with Gasteiger partial charge in [-0.25, -0.2) is 9.97 Å². The quantitative estimate of drug-likeness (QED) is 0.119. The third-order valence-electron chi connectivity index (χ3n) is 10.2. The highest BCUT2D eigenvalue weighted by Gasteiger charge is 2.28. The van der Waals surface area contributed by atoms with Crippen LogP contribution in [0.5, 0.6) is 11.5 Å². The summed E-state index contributed by atoms with van der Waals surface area (Å²) in [6.45, 7) is 3.73. The molecule has 0 fully saturated rings. The van der Waals surface area contributed by atoms with E-state index in [0.29, 0.717) is 21.6 Å². The van der Waals surface area contributed by atoms with Crippen molar-refractivity contribution in [1.82, 2.24) is 15.0 Å². The average Bonchev–Trinajstić information content (AvgIpc) is 3.88. The van der Waals surface area contributed by atoms with Crippen LogP contribution in [0.15, 0.2) is 155 Å². The zero-order valence-electron chi connectivity index (χ0n) is 30.9. The van der Waals surface area contributed by atoms with Gasteiger partial charge in [0.1, 0.15) is 20.6 Å². The first-order valence-electron chi connectivity index (χ1n) is 18.3. The molecular formula is C46H31N3O6S3. The van der Waals surface area contributed by atoms with E-state index in [9.17, 15) is 16.8 Å². The van der Waals surface area contributed by atoms with Crippen molar-refractivity contribution in [2.45, 2.75) is 23.6 Å². The Morgan fingerprint density at radius 2 is 1.05 bits per heavy atom. The normalized spacial score (nSPS) is 12.2. The fourth-order valence-electron chi connectivity index (χ4n) is 7.31. The van der Waals surface area contributed by atoms with E-state index in [4.69, 9.17) is 18.3 Å². The van der Waals surface area contributed by atoms with Crippen LogP contribution in [-0.2, 0) is 20.2 Å². The van der Waals surface area contributed by atoms with Crippen LogP contribution >= 0.6 is 11.3 Å². The summed E-state index contributed by atoms with van der Waals surface area (Å²) in [7, 11) is -8.84. The van der Waals surface area contributed by atoms with E-state index >= 15 is 0 Å². The van der Waals surface area contributed by atoms with Crippen molar-refractivity contribution >= 4 is 85.1 Å².